The Bertz CT molecular complexity index is 427. The molecule has 1 fully saturated rings. The van der Waals surface area contributed by atoms with E-state index in [1.54, 1.807) is 11.3 Å². The summed E-state index contributed by atoms with van der Waals surface area (Å²) in [6, 6.07) is 0. The topological polar surface area (TPSA) is 40.5 Å². The number of hydrogen-bond donors (Lipinski definition) is 1. The Balaban J connectivity index is 0.00000200. The number of thiazole rings is 1. The average molecular weight is 408 g/mol. The number of halogens is 1. The van der Waals surface area contributed by atoms with Crippen LogP contribution in [0, 0.1) is 6.92 Å². The van der Waals surface area contributed by atoms with E-state index in [2.05, 4.69) is 32.5 Å². The molecule has 0 saturated carbocycles. The van der Waals surface area contributed by atoms with Crippen LogP contribution in [0.15, 0.2) is 10.4 Å². The quantitative estimate of drug-likeness (QED) is 0.474. The molecule has 1 saturated heterocycles. The zero-order valence-electron chi connectivity index (χ0n) is 12.6. The SMILES string of the molecule is CN=C(NCC(C)c1nc(C)cs1)N1CCCCC1.I. The molecule has 0 amide bonds. The maximum absolute atomic E-state index is 4.55. The van der Waals surface area contributed by atoms with Crippen LogP contribution in [0.4, 0.5) is 0 Å². The van der Waals surface area contributed by atoms with Gasteiger partial charge in [0.15, 0.2) is 5.96 Å². The normalized spacial score (nSPS) is 17.6. The number of aryl methyl sites for hydroxylation is 1. The molecule has 2 heterocycles. The highest BCUT2D eigenvalue weighted by molar-refractivity contribution is 14.0. The van der Waals surface area contributed by atoms with Gasteiger partial charge in [-0.05, 0) is 26.2 Å². The summed E-state index contributed by atoms with van der Waals surface area (Å²) in [5.41, 5.74) is 1.12. The third-order valence-corrected chi connectivity index (χ3v) is 4.69. The molecule has 2 rings (SSSR count). The van der Waals surface area contributed by atoms with Gasteiger partial charge in [-0.15, -0.1) is 35.3 Å². The number of hydrogen-bond acceptors (Lipinski definition) is 3. The van der Waals surface area contributed by atoms with Crippen molar-refractivity contribution in [1.82, 2.24) is 15.2 Å². The summed E-state index contributed by atoms with van der Waals surface area (Å²) in [5, 5.41) is 6.81. The molecule has 0 aromatic carbocycles. The standard InChI is InChI=1S/C14H24N4S.HI/c1-11(13-17-12(2)10-19-13)9-16-14(15-3)18-7-5-4-6-8-18;/h10-11H,4-9H2,1-3H3,(H,15,16);1H. The number of aromatic nitrogens is 1. The zero-order valence-corrected chi connectivity index (χ0v) is 15.7. The monoisotopic (exact) mass is 408 g/mol. The molecule has 1 aliphatic rings. The Hall–Kier alpha value is -0.370. The number of aliphatic imine (C=N–C) groups is 1. The Morgan fingerprint density at radius 1 is 1.45 bits per heavy atom. The van der Waals surface area contributed by atoms with Gasteiger partial charge < -0.3 is 10.2 Å². The highest BCUT2D eigenvalue weighted by Gasteiger charge is 2.16. The second kappa shape index (κ2) is 8.81. The summed E-state index contributed by atoms with van der Waals surface area (Å²) in [5.74, 6) is 1.47. The molecule has 6 heteroatoms. The fraction of sp³-hybridized carbons (Fsp3) is 0.714. The van der Waals surface area contributed by atoms with E-state index in [9.17, 15) is 0 Å². The number of piperidine rings is 1. The third-order valence-electron chi connectivity index (χ3n) is 3.49. The van der Waals surface area contributed by atoms with Crippen molar-refractivity contribution in [1.29, 1.82) is 0 Å². The Kier molecular flexibility index (Phi) is 7.79. The molecule has 0 aliphatic carbocycles. The van der Waals surface area contributed by atoms with Gasteiger partial charge in [0.2, 0.25) is 0 Å². The summed E-state index contributed by atoms with van der Waals surface area (Å²) in [6.07, 6.45) is 3.91. The van der Waals surface area contributed by atoms with Crippen molar-refractivity contribution in [2.45, 2.75) is 39.0 Å². The van der Waals surface area contributed by atoms with Gasteiger partial charge in [-0.2, -0.15) is 0 Å². The van der Waals surface area contributed by atoms with E-state index < -0.39 is 0 Å². The first-order valence-electron chi connectivity index (χ1n) is 7.08. The molecular weight excluding hydrogens is 383 g/mol. The van der Waals surface area contributed by atoms with E-state index in [0.717, 1.165) is 31.3 Å². The van der Waals surface area contributed by atoms with Crippen molar-refractivity contribution in [3.63, 3.8) is 0 Å². The van der Waals surface area contributed by atoms with Crippen LogP contribution in [0.3, 0.4) is 0 Å². The van der Waals surface area contributed by atoms with Gasteiger partial charge >= 0.3 is 0 Å². The maximum Gasteiger partial charge on any atom is 0.193 e. The van der Waals surface area contributed by atoms with Gasteiger partial charge in [0.1, 0.15) is 0 Å². The lowest BCUT2D eigenvalue weighted by Crippen LogP contribution is -2.45. The van der Waals surface area contributed by atoms with E-state index in [1.165, 1.54) is 24.3 Å². The molecule has 114 valence electrons. The van der Waals surface area contributed by atoms with Crippen molar-refractivity contribution in [3.05, 3.63) is 16.1 Å². The minimum atomic E-state index is 0. The van der Waals surface area contributed by atoms with Crippen molar-refractivity contribution >= 4 is 41.3 Å². The summed E-state index contributed by atoms with van der Waals surface area (Å²) in [7, 11) is 1.87. The van der Waals surface area contributed by atoms with Crippen LogP contribution in [0.1, 0.15) is 42.8 Å². The fourth-order valence-corrected chi connectivity index (χ4v) is 3.22. The molecular formula is C14H25IN4S. The van der Waals surface area contributed by atoms with Crippen molar-refractivity contribution in [3.8, 4) is 0 Å². The number of likely N-dealkylation sites (tertiary alicyclic amines) is 1. The first-order valence-corrected chi connectivity index (χ1v) is 7.96. The average Bonchev–Trinajstić information content (AvgIpc) is 2.87. The number of nitrogens with one attached hydrogen (secondary N) is 1. The molecule has 1 unspecified atom stereocenters. The molecule has 0 spiro atoms. The van der Waals surface area contributed by atoms with Crippen LogP contribution in [0.25, 0.3) is 0 Å². The van der Waals surface area contributed by atoms with Crippen LogP contribution in [-0.2, 0) is 0 Å². The van der Waals surface area contributed by atoms with Crippen molar-refractivity contribution in [2.75, 3.05) is 26.7 Å². The number of nitrogens with zero attached hydrogens (tertiary/aromatic N) is 3. The summed E-state index contributed by atoms with van der Waals surface area (Å²) in [4.78, 5) is 11.3. The molecule has 1 aromatic heterocycles. The van der Waals surface area contributed by atoms with Gasteiger partial charge in [0, 0.05) is 43.7 Å². The Labute approximate surface area is 143 Å². The van der Waals surface area contributed by atoms with E-state index in [-0.39, 0.29) is 24.0 Å². The minimum absolute atomic E-state index is 0. The van der Waals surface area contributed by atoms with Gasteiger partial charge in [0.05, 0.1) is 5.01 Å². The van der Waals surface area contributed by atoms with Crippen molar-refractivity contribution < 1.29 is 0 Å². The van der Waals surface area contributed by atoms with E-state index in [4.69, 9.17) is 0 Å². The summed E-state index contributed by atoms with van der Waals surface area (Å²) < 4.78 is 0. The molecule has 1 atom stereocenters. The molecule has 4 nitrogen and oxygen atoms in total. The lowest BCUT2D eigenvalue weighted by molar-refractivity contribution is 0.331. The molecule has 1 N–H and O–H groups in total. The summed E-state index contributed by atoms with van der Waals surface area (Å²) >= 11 is 1.75. The van der Waals surface area contributed by atoms with Crippen molar-refractivity contribution in [2.24, 2.45) is 4.99 Å². The second-order valence-electron chi connectivity index (χ2n) is 5.20. The van der Waals surface area contributed by atoms with E-state index in [1.807, 2.05) is 14.0 Å². The molecule has 0 radical (unpaired) electrons. The Morgan fingerprint density at radius 2 is 2.15 bits per heavy atom. The van der Waals surface area contributed by atoms with Gasteiger partial charge in [-0.1, -0.05) is 6.92 Å². The first-order chi connectivity index (χ1) is 9.20. The maximum atomic E-state index is 4.55. The van der Waals surface area contributed by atoms with Crippen LogP contribution >= 0.6 is 35.3 Å². The highest BCUT2D eigenvalue weighted by atomic mass is 127. The number of guanidine groups is 1. The van der Waals surface area contributed by atoms with Gasteiger partial charge in [-0.25, -0.2) is 4.98 Å². The van der Waals surface area contributed by atoms with Crippen LogP contribution in [0.2, 0.25) is 0 Å². The second-order valence-corrected chi connectivity index (χ2v) is 6.09. The lowest BCUT2D eigenvalue weighted by Gasteiger charge is -2.30. The van der Waals surface area contributed by atoms with Gasteiger partial charge in [-0.3, -0.25) is 4.99 Å². The molecule has 0 bridgehead atoms. The van der Waals surface area contributed by atoms with Crippen LogP contribution < -0.4 is 5.32 Å². The van der Waals surface area contributed by atoms with E-state index in [0.29, 0.717) is 5.92 Å². The lowest BCUT2D eigenvalue weighted by atomic mass is 10.1. The van der Waals surface area contributed by atoms with Gasteiger partial charge in [0.25, 0.3) is 0 Å². The van der Waals surface area contributed by atoms with Crippen LogP contribution in [0.5, 0.6) is 0 Å². The smallest absolute Gasteiger partial charge is 0.193 e. The van der Waals surface area contributed by atoms with Crippen LogP contribution in [-0.4, -0.2) is 42.5 Å². The molecule has 20 heavy (non-hydrogen) atoms. The Morgan fingerprint density at radius 3 is 2.70 bits per heavy atom. The zero-order chi connectivity index (χ0) is 13.7. The highest BCUT2D eigenvalue weighted by Crippen LogP contribution is 2.19. The minimum Gasteiger partial charge on any atom is -0.356 e. The first kappa shape index (κ1) is 17.7. The molecule has 1 aromatic rings. The predicted molar refractivity (Wildman–Crippen MR) is 97.5 cm³/mol. The number of rotatable bonds is 3. The molecule has 1 aliphatic heterocycles. The largest absolute Gasteiger partial charge is 0.356 e. The van der Waals surface area contributed by atoms with E-state index >= 15 is 0 Å². The predicted octanol–water partition coefficient (Wildman–Crippen LogP) is 3.23. The summed E-state index contributed by atoms with van der Waals surface area (Å²) in [6.45, 7) is 7.42. The third kappa shape index (κ3) is 4.87. The fourth-order valence-electron chi connectivity index (χ4n) is 2.37.